The SMILES string of the molecule is C[C@H]1CCc2sc(C(=O)OCC(=O)Nc3ccccc3)cc2C1. The van der Waals surface area contributed by atoms with E-state index >= 15 is 0 Å². The van der Waals surface area contributed by atoms with Crippen molar-refractivity contribution in [2.24, 2.45) is 5.92 Å². The van der Waals surface area contributed by atoms with Crippen molar-refractivity contribution < 1.29 is 14.3 Å². The molecule has 4 nitrogen and oxygen atoms in total. The average molecular weight is 329 g/mol. The number of nitrogens with one attached hydrogen (secondary N) is 1. The number of hydrogen-bond donors (Lipinski definition) is 1. The summed E-state index contributed by atoms with van der Waals surface area (Å²) in [6.07, 6.45) is 3.22. The summed E-state index contributed by atoms with van der Waals surface area (Å²) in [6, 6.07) is 11.0. The summed E-state index contributed by atoms with van der Waals surface area (Å²) in [6.45, 7) is 1.96. The number of thiophene rings is 1. The number of carbonyl (C=O) groups excluding carboxylic acids is 2. The molecule has 120 valence electrons. The predicted octanol–water partition coefficient (Wildman–Crippen LogP) is 3.67. The first kappa shape index (κ1) is 15.7. The van der Waals surface area contributed by atoms with Gasteiger partial charge in [-0.15, -0.1) is 11.3 Å². The molecule has 2 aromatic rings. The van der Waals surface area contributed by atoms with E-state index in [-0.39, 0.29) is 12.5 Å². The zero-order valence-electron chi connectivity index (χ0n) is 13.0. The number of fused-ring (bicyclic) bond motifs is 1. The van der Waals surface area contributed by atoms with Gasteiger partial charge < -0.3 is 10.1 Å². The molecule has 1 atom stereocenters. The number of carbonyl (C=O) groups is 2. The molecule has 1 N–H and O–H groups in total. The topological polar surface area (TPSA) is 55.4 Å². The maximum absolute atomic E-state index is 12.1. The lowest BCUT2D eigenvalue weighted by atomic mass is 9.90. The molecule has 5 heteroatoms. The second kappa shape index (κ2) is 6.96. The molecule has 1 heterocycles. The Morgan fingerprint density at radius 3 is 2.87 bits per heavy atom. The quantitative estimate of drug-likeness (QED) is 0.871. The number of aryl methyl sites for hydroxylation is 1. The molecule has 0 fully saturated rings. The van der Waals surface area contributed by atoms with E-state index in [1.54, 1.807) is 12.1 Å². The van der Waals surface area contributed by atoms with Gasteiger partial charge in [-0.1, -0.05) is 25.1 Å². The van der Waals surface area contributed by atoms with Crippen LogP contribution in [0.1, 0.15) is 33.5 Å². The third-order valence-corrected chi connectivity index (χ3v) is 5.14. The Bertz CT molecular complexity index is 708. The van der Waals surface area contributed by atoms with Crippen molar-refractivity contribution in [2.75, 3.05) is 11.9 Å². The van der Waals surface area contributed by atoms with Crippen LogP contribution in [0.2, 0.25) is 0 Å². The number of esters is 1. The zero-order chi connectivity index (χ0) is 16.2. The number of hydrogen-bond acceptors (Lipinski definition) is 4. The lowest BCUT2D eigenvalue weighted by Crippen LogP contribution is -2.20. The number of benzene rings is 1. The van der Waals surface area contributed by atoms with Gasteiger partial charge in [0.2, 0.25) is 0 Å². The highest BCUT2D eigenvalue weighted by atomic mass is 32.1. The predicted molar refractivity (Wildman–Crippen MR) is 90.9 cm³/mol. The maximum Gasteiger partial charge on any atom is 0.348 e. The third kappa shape index (κ3) is 3.99. The standard InChI is InChI=1S/C18H19NO3S/c1-12-7-8-15-13(9-12)10-16(23-15)18(21)22-11-17(20)19-14-5-3-2-4-6-14/h2-6,10,12H,7-9,11H2,1H3,(H,19,20)/t12-/m0/s1. The van der Waals surface area contributed by atoms with Crippen LogP contribution in [0, 0.1) is 5.92 Å². The second-order valence-corrected chi connectivity index (χ2v) is 7.03. The molecule has 1 aromatic heterocycles. The minimum atomic E-state index is -0.416. The van der Waals surface area contributed by atoms with Crippen molar-refractivity contribution >= 4 is 28.9 Å². The van der Waals surface area contributed by atoms with Crippen LogP contribution in [0.15, 0.2) is 36.4 Å². The number of para-hydroxylation sites is 1. The smallest absolute Gasteiger partial charge is 0.348 e. The number of anilines is 1. The van der Waals surface area contributed by atoms with Crippen molar-refractivity contribution in [3.63, 3.8) is 0 Å². The molecule has 1 aliphatic rings. The fourth-order valence-electron chi connectivity index (χ4n) is 2.73. The Kier molecular flexibility index (Phi) is 4.76. The lowest BCUT2D eigenvalue weighted by Gasteiger charge is -2.16. The van der Waals surface area contributed by atoms with E-state index in [2.05, 4.69) is 12.2 Å². The molecule has 0 aliphatic heterocycles. The third-order valence-electron chi connectivity index (χ3n) is 3.92. The van der Waals surface area contributed by atoms with Crippen LogP contribution in [-0.4, -0.2) is 18.5 Å². The Morgan fingerprint density at radius 2 is 2.09 bits per heavy atom. The molecule has 0 bridgehead atoms. The van der Waals surface area contributed by atoms with Crippen molar-refractivity contribution in [3.8, 4) is 0 Å². The second-order valence-electron chi connectivity index (χ2n) is 5.90. The number of rotatable bonds is 4. The Hall–Kier alpha value is -2.14. The molecule has 0 radical (unpaired) electrons. The van der Waals surface area contributed by atoms with Gasteiger partial charge in [0.1, 0.15) is 4.88 Å². The molecule has 23 heavy (non-hydrogen) atoms. The Labute approximate surface area is 139 Å². The van der Waals surface area contributed by atoms with E-state index in [9.17, 15) is 9.59 Å². The van der Waals surface area contributed by atoms with Gasteiger partial charge in [0.05, 0.1) is 0 Å². The largest absolute Gasteiger partial charge is 0.451 e. The highest BCUT2D eigenvalue weighted by Gasteiger charge is 2.21. The molecule has 0 saturated heterocycles. The van der Waals surface area contributed by atoms with Crippen LogP contribution < -0.4 is 5.32 Å². The van der Waals surface area contributed by atoms with E-state index < -0.39 is 5.97 Å². The normalized spacial score (nSPS) is 16.5. The van der Waals surface area contributed by atoms with E-state index in [4.69, 9.17) is 4.74 Å². The molecule has 1 aromatic carbocycles. The van der Waals surface area contributed by atoms with Gasteiger partial charge >= 0.3 is 5.97 Å². The summed E-state index contributed by atoms with van der Waals surface area (Å²) in [7, 11) is 0. The van der Waals surface area contributed by atoms with Crippen molar-refractivity contribution in [1.82, 2.24) is 0 Å². The highest BCUT2D eigenvalue weighted by molar-refractivity contribution is 7.14. The monoisotopic (exact) mass is 329 g/mol. The van der Waals surface area contributed by atoms with Crippen LogP contribution in [-0.2, 0) is 22.4 Å². The van der Waals surface area contributed by atoms with Gasteiger partial charge in [-0.3, -0.25) is 4.79 Å². The lowest BCUT2D eigenvalue weighted by molar-refractivity contribution is -0.119. The van der Waals surface area contributed by atoms with Gasteiger partial charge in [0, 0.05) is 10.6 Å². The summed E-state index contributed by atoms with van der Waals surface area (Å²) in [4.78, 5) is 25.8. The Balaban J connectivity index is 1.54. The minimum Gasteiger partial charge on any atom is -0.451 e. The molecular weight excluding hydrogens is 310 g/mol. The minimum absolute atomic E-state index is 0.271. The van der Waals surface area contributed by atoms with Crippen LogP contribution in [0.4, 0.5) is 5.69 Å². The summed E-state index contributed by atoms with van der Waals surface area (Å²) in [5.41, 5.74) is 1.95. The fourth-order valence-corrected chi connectivity index (χ4v) is 3.83. The first-order valence-corrected chi connectivity index (χ1v) is 8.57. The molecule has 1 amide bonds. The van der Waals surface area contributed by atoms with Crippen LogP contribution in [0.3, 0.4) is 0 Å². The fraction of sp³-hybridized carbons (Fsp3) is 0.333. The summed E-state index contributed by atoms with van der Waals surface area (Å²) < 4.78 is 5.13. The van der Waals surface area contributed by atoms with E-state index in [1.807, 2.05) is 24.3 Å². The van der Waals surface area contributed by atoms with Gasteiger partial charge in [-0.2, -0.15) is 0 Å². The maximum atomic E-state index is 12.1. The summed E-state index contributed by atoms with van der Waals surface area (Å²) in [5, 5.41) is 2.69. The van der Waals surface area contributed by atoms with Crippen LogP contribution in [0.25, 0.3) is 0 Å². The van der Waals surface area contributed by atoms with Gasteiger partial charge in [-0.05, 0) is 48.9 Å². The van der Waals surface area contributed by atoms with Gasteiger partial charge in [0.15, 0.2) is 6.61 Å². The van der Waals surface area contributed by atoms with Crippen molar-refractivity contribution in [2.45, 2.75) is 26.2 Å². The van der Waals surface area contributed by atoms with Gasteiger partial charge in [0.25, 0.3) is 5.91 Å². The number of amides is 1. The molecule has 1 aliphatic carbocycles. The highest BCUT2D eigenvalue weighted by Crippen LogP contribution is 2.32. The zero-order valence-corrected chi connectivity index (χ0v) is 13.8. The Morgan fingerprint density at radius 1 is 1.30 bits per heavy atom. The van der Waals surface area contributed by atoms with Crippen LogP contribution >= 0.6 is 11.3 Å². The molecular formula is C18H19NO3S. The number of ether oxygens (including phenoxy) is 1. The van der Waals surface area contributed by atoms with Crippen molar-refractivity contribution in [1.29, 1.82) is 0 Å². The average Bonchev–Trinajstić information content (AvgIpc) is 2.96. The first-order chi connectivity index (χ1) is 11.1. The first-order valence-electron chi connectivity index (χ1n) is 7.75. The summed E-state index contributed by atoms with van der Waals surface area (Å²) >= 11 is 1.49. The molecule has 3 rings (SSSR count). The van der Waals surface area contributed by atoms with Crippen molar-refractivity contribution in [3.05, 3.63) is 51.7 Å². The van der Waals surface area contributed by atoms with Gasteiger partial charge in [-0.25, -0.2) is 4.79 Å². The van der Waals surface area contributed by atoms with E-state index in [0.29, 0.717) is 16.5 Å². The summed E-state index contributed by atoms with van der Waals surface area (Å²) in [5.74, 6) is -0.0858. The molecule has 0 spiro atoms. The van der Waals surface area contributed by atoms with E-state index in [0.717, 1.165) is 12.8 Å². The molecule has 0 saturated carbocycles. The van der Waals surface area contributed by atoms with E-state index in [1.165, 1.54) is 28.2 Å². The van der Waals surface area contributed by atoms with Crippen LogP contribution in [0.5, 0.6) is 0 Å². The molecule has 0 unspecified atom stereocenters.